The molecule has 1 aliphatic carbocycles. The van der Waals surface area contributed by atoms with Crippen LogP contribution in [0.25, 0.3) is 0 Å². The molecule has 1 fully saturated rings. The topological polar surface area (TPSA) is 42.2 Å². The van der Waals surface area contributed by atoms with Gasteiger partial charge in [-0.05, 0) is 38.3 Å². The molecule has 0 spiro atoms. The number of hydrogen-bond acceptors (Lipinski definition) is 1. The Hall–Kier alpha value is -1.25. The third kappa shape index (κ3) is 2.77. The lowest BCUT2D eigenvalue weighted by Crippen LogP contribution is -2.17. The number of carboxylic acids is 1. The number of rotatable bonds is 4. The van der Waals surface area contributed by atoms with E-state index in [1.165, 1.54) is 37.8 Å². The van der Waals surface area contributed by atoms with E-state index in [-0.39, 0.29) is 6.04 Å². The normalized spacial score (nSPS) is 17.3. The minimum Gasteiger partial charge on any atom is -0.477 e. The maximum atomic E-state index is 11.2. The SMILES string of the molecule is CC(C)n1c(CC2CCCCC2)ccc1C(=O)O. The number of aromatic nitrogens is 1. The highest BCUT2D eigenvalue weighted by Crippen LogP contribution is 2.28. The van der Waals surface area contributed by atoms with Crippen LogP contribution in [-0.4, -0.2) is 15.6 Å². The average molecular weight is 249 g/mol. The smallest absolute Gasteiger partial charge is 0.352 e. The third-order valence-electron chi connectivity index (χ3n) is 3.96. The lowest BCUT2D eigenvalue weighted by atomic mass is 9.86. The van der Waals surface area contributed by atoms with E-state index in [9.17, 15) is 9.90 Å². The van der Waals surface area contributed by atoms with Crippen molar-refractivity contribution in [2.24, 2.45) is 5.92 Å². The second-order valence-corrected chi connectivity index (χ2v) is 5.69. The standard InChI is InChI=1S/C15H23NO2/c1-11(2)16-13(8-9-14(16)15(17)18)10-12-6-4-3-5-7-12/h8-9,11-12H,3-7,10H2,1-2H3,(H,17,18). The Bertz CT molecular complexity index is 414. The molecule has 1 aromatic rings. The van der Waals surface area contributed by atoms with Crippen LogP contribution < -0.4 is 0 Å². The van der Waals surface area contributed by atoms with Crippen LogP contribution in [0.5, 0.6) is 0 Å². The first kappa shape index (κ1) is 13.2. The van der Waals surface area contributed by atoms with E-state index in [4.69, 9.17) is 0 Å². The van der Waals surface area contributed by atoms with Crippen molar-refractivity contribution in [1.82, 2.24) is 4.57 Å². The van der Waals surface area contributed by atoms with Gasteiger partial charge in [0.25, 0.3) is 0 Å². The Balaban J connectivity index is 2.19. The molecule has 0 aromatic carbocycles. The maximum Gasteiger partial charge on any atom is 0.352 e. The van der Waals surface area contributed by atoms with Crippen molar-refractivity contribution < 1.29 is 9.90 Å². The summed E-state index contributed by atoms with van der Waals surface area (Å²) in [6.07, 6.45) is 7.66. The molecule has 0 atom stereocenters. The summed E-state index contributed by atoms with van der Waals surface area (Å²) in [5, 5.41) is 9.21. The molecule has 18 heavy (non-hydrogen) atoms. The molecule has 0 radical (unpaired) electrons. The molecule has 0 amide bonds. The molecule has 1 aliphatic rings. The van der Waals surface area contributed by atoms with Crippen LogP contribution in [0.4, 0.5) is 0 Å². The highest BCUT2D eigenvalue weighted by Gasteiger charge is 2.20. The lowest BCUT2D eigenvalue weighted by Gasteiger charge is -2.23. The van der Waals surface area contributed by atoms with Gasteiger partial charge in [-0.2, -0.15) is 0 Å². The molecular formula is C15H23NO2. The van der Waals surface area contributed by atoms with Crippen molar-refractivity contribution in [3.63, 3.8) is 0 Å². The predicted octanol–water partition coefficient (Wildman–Crippen LogP) is 3.89. The van der Waals surface area contributed by atoms with Crippen LogP contribution in [0.3, 0.4) is 0 Å². The second kappa shape index (κ2) is 5.59. The minimum atomic E-state index is -0.821. The summed E-state index contributed by atoms with van der Waals surface area (Å²) < 4.78 is 1.98. The Labute approximate surface area is 109 Å². The van der Waals surface area contributed by atoms with Gasteiger partial charge in [-0.25, -0.2) is 4.79 Å². The first-order chi connectivity index (χ1) is 8.59. The Morgan fingerprint density at radius 1 is 1.33 bits per heavy atom. The van der Waals surface area contributed by atoms with E-state index in [1.54, 1.807) is 6.07 Å². The zero-order chi connectivity index (χ0) is 13.1. The molecular weight excluding hydrogens is 226 g/mol. The van der Waals surface area contributed by atoms with E-state index in [2.05, 4.69) is 13.8 Å². The zero-order valence-electron chi connectivity index (χ0n) is 11.4. The fourth-order valence-corrected chi connectivity index (χ4v) is 3.13. The number of carbonyl (C=O) groups is 1. The van der Waals surface area contributed by atoms with Crippen LogP contribution in [0, 0.1) is 5.92 Å². The third-order valence-corrected chi connectivity index (χ3v) is 3.96. The first-order valence-corrected chi connectivity index (χ1v) is 7.03. The molecule has 1 N–H and O–H groups in total. The minimum absolute atomic E-state index is 0.213. The second-order valence-electron chi connectivity index (χ2n) is 5.69. The number of aromatic carboxylic acids is 1. The van der Waals surface area contributed by atoms with Crippen molar-refractivity contribution in [2.75, 3.05) is 0 Å². The summed E-state index contributed by atoms with van der Waals surface area (Å²) >= 11 is 0. The Morgan fingerprint density at radius 3 is 2.56 bits per heavy atom. The molecule has 0 aliphatic heterocycles. The summed E-state index contributed by atoms with van der Waals surface area (Å²) in [5.41, 5.74) is 1.62. The van der Waals surface area contributed by atoms with Gasteiger partial charge < -0.3 is 9.67 Å². The van der Waals surface area contributed by atoms with Gasteiger partial charge in [0, 0.05) is 11.7 Å². The van der Waals surface area contributed by atoms with E-state index < -0.39 is 5.97 Å². The largest absolute Gasteiger partial charge is 0.477 e. The average Bonchev–Trinajstić information content (AvgIpc) is 2.74. The van der Waals surface area contributed by atoms with Crippen LogP contribution in [0.1, 0.15) is 68.2 Å². The van der Waals surface area contributed by atoms with Gasteiger partial charge in [0.15, 0.2) is 0 Å². The van der Waals surface area contributed by atoms with Gasteiger partial charge in [-0.15, -0.1) is 0 Å². The quantitative estimate of drug-likeness (QED) is 0.879. The monoisotopic (exact) mass is 249 g/mol. The summed E-state index contributed by atoms with van der Waals surface area (Å²) in [4.78, 5) is 11.2. The molecule has 0 bridgehead atoms. The fraction of sp³-hybridized carbons (Fsp3) is 0.667. The van der Waals surface area contributed by atoms with Crippen LogP contribution in [-0.2, 0) is 6.42 Å². The summed E-state index contributed by atoms with van der Waals surface area (Å²) in [6.45, 7) is 4.10. The highest BCUT2D eigenvalue weighted by molar-refractivity contribution is 5.86. The fourth-order valence-electron chi connectivity index (χ4n) is 3.13. The molecule has 2 rings (SSSR count). The Kier molecular flexibility index (Phi) is 4.10. The molecule has 0 unspecified atom stereocenters. The van der Waals surface area contributed by atoms with E-state index in [1.807, 2.05) is 10.6 Å². The van der Waals surface area contributed by atoms with Crippen molar-refractivity contribution in [3.05, 3.63) is 23.5 Å². The molecule has 1 heterocycles. The van der Waals surface area contributed by atoms with E-state index >= 15 is 0 Å². The van der Waals surface area contributed by atoms with Crippen LogP contribution >= 0.6 is 0 Å². The zero-order valence-corrected chi connectivity index (χ0v) is 11.4. The van der Waals surface area contributed by atoms with Crippen molar-refractivity contribution in [1.29, 1.82) is 0 Å². The van der Waals surface area contributed by atoms with Gasteiger partial charge in [0.1, 0.15) is 5.69 Å². The van der Waals surface area contributed by atoms with Crippen LogP contribution in [0.15, 0.2) is 12.1 Å². The Morgan fingerprint density at radius 2 is 2.00 bits per heavy atom. The highest BCUT2D eigenvalue weighted by atomic mass is 16.4. The van der Waals surface area contributed by atoms with Crippen LogP contribution in [0.2, 0.25) is 0 Å². The summed E-state index contributed by atoms with van der Waals surface area (Å²) in [6, 6.07) is 3.96. The molecule has 3 nitrogen and oxygen atoms in total. The molecule has 0 saturated heterocycles. The number of hydrogen-bond donors (Lipinski definition) is 1. The van der Waals surface area contributed by atoms with Gasteiger partial charge in [0.2, 0.25) is 0 Å². The van der Waals surface area contributed by atoms with E-state index in [0.29, 0.717) is 5.69 Å². The molecule has 100 valence electrons. The first-order valence-electron chi connectivity index (χ1n) is 7.03. The van der Waals surface area contributed by atoms with Crippen molar-refractivity contribution in [3.8, 4) is 0 Å². The summed E-state index contributed by atoms with van der Waals surface area (Å²) in [7, 11) is 0. The summed E-state index contributed by atoms with van der Waals surface area (Å²) in [5.74, 6) is -0.0774. The number of nitrogens with zero attached hydrogens (tertiary/aromatic N) is 1. The maximum absolute atomic E-state index is 11.2. The van der Waals surface area contributed by atoms with Gasteiger partial charge in [-0.3, -0.25) is 0 Å². The van der Waals surface area contributed by atoms with Crippen molar-refractivity contribution in [2.45, 2.75) is 58.4 Å². The van der Waals surface area contributed by atoms with Gasteiger partial charge in [0.05, 0.1) is 0 Å². The number of carboxylic acid groups (broad SMARTS) is 1. The lowest BCUT2D eigenvalue weighted by molar-refractivity contribution is 0.0682. The molecule has 1 saturated carbocycles. The molecule has 3 heteroatoms. The predicted molar refractivity (Wildman–Crippen MR) is 72.1 cm³/mol. The van der Waals surface area contributed by atoms with Crippen molar-refractivity contribution >= 4 is 5.97 Å². The van der Waals surface area contributed by atoms with E-state index in [0.717, 1.165) is 12.3 Å². The van der Waals surface area contributed by atoms with Gasteiger partial charge >= 0.3 is 5.97 Å². The molecule has 1 aromatic heterocycles. The van der Waals surface area contributed by atoms with Gasteiger partial charge in [-0.1, -0.05) is 32.1 Å².